The number of benzene rings is 2. The highest BCUT2D eigenvalue weighted by molar-refractivity contribution is 6.30. The van der Waals surface area contributed by atoms with Gasteiger partial charge in [-0.15, -0.1) is 0 Å². The lowest BCUT2D eigenvalue weighted by molar-refractivity contribution is -0.385. The minimum atomic E-state index is -0.371. The topological polar surface area (TPSA) is 69.2 Å². The minimum Gasteiger partial charge on any atom is -0.327 e. The monoisotopic (exact) mass is 290 g/mol. The predicted octanol–water partition coefficient (Wildman–Crippen LogP) is 3.36. The molecule has 2 rings (SSSR count). The molecule has 1 unspecified atom stereocenters. The smallest absolute Gasteiger partial charge is 0.272 e. The Kier molecular flexibility index (Phi) is 4.71. The Labute approximate surface area is 122 Å². The summed E-state index contributed by atoms with van der Waals surface area (Å²) >= 11 is 5.83. The average Bonchev–Trinajstić information content (AvgIpc) is 2.41. The quantitative estimate of drug-likeness (QED) is 0.678. The van der Waals surface area contributed by atoms with E-state index in [0.29, 0.717) is 23.4 Å². The summed E-state index contributed by atoms with van der Waals surface area (Å²) in [6, 6.07) is 14.0. The van der Waals surface area contributed by atoms with Crippen LogP contribution in [0.4, 0.5) is 5.69 Å². The summed E-state index contributed by atoms with van der Waals surface area (Å²) in [6.45, 7) is 0. The standard InChI is InChI=1S/C15H15ClN2O2/c16-13-7-5-11(6-8-13)9-14(17)10-12-3-1-2-4-15(12)18(19)20/h1-8,14H,9-10,17H2. The van der Waals surface area contributed by atoms with Gasteiger partial charge in [0.25, 0.3) is 5.69 Å². The summed E-state index contributed by atoms with van der Waals surface area (Å²) in [5.74, 6) is 0. The number of halogens is 1. The van der Waals surface area contributed by atoms with Crippen LogP contribution in [0.25, 0.3) is 0 Å². The van der Waals surface area contributed by atoms with Crippen molar-refractivity contribution in [3.63, 3.8) is 0 Å². The van der Waals surface area contributed by atoms with Gasteiger partial charge in [-0.05, 0) is 30.5 Å². The fourth-order valence-electron chi connectivity index (χ4n) is 2.14. The van der Waals surface area contributed by atoms with Crippen LogP contribution in [0.1, 0.15) is 11.1 Å². The summed E-state index contributed by atoms with van der Waals surface area (Å²) in [4.78, 5) is 10.6. The number of nitrogens with two attached hydrogens (primary N) is 1. The van der Waals surface area contributed by atoms with Crippen LogP contribution in [0.3, 0.4) is 0 Å². The molecular formula is C15H15ClN2O2. The summed E-state index contributed by atoms with van der Waals surface area (Å²) in [6.07, 6.45) is 1.13. The lowest BCUT2D eigenvalue weighted by Crippen LogP contribution is -2.25. The molecule has 20 heavy (non-hydrogen) atoms. The fourth-order valence-corrected chi connectivity index (χ4v) is 2.27. The number of nitro groups is 1. The second-order valence-electron chi connectivity index (χ2n) is 4.68. The van der Waals surface area contributed by atoms with Crippen LogP contribution in [0.5, 0.6) is 0 Å². The van der Waals surface area contributed by atoms with E-state index in [4.69, 9.17) is 17.3 Å². The highest BCUT2D eigenvalue weighted by Gasteiger charge is 2.15. The Hall–Kier alpha value is -1.91. The van der Waals surface area contributed by atoms with E-state index in [1.54, 1.807) is 18.2 Å². The Bertz CT molecular complexity index is 599. The Balaban J connectivity index is 2.06. The zero-order valence-corrected chi connectivity index (χ0v) is 11.6. The molecule has 2 aromatic carbocycles. The van der Waals surface area contributed by atoms with Crippen LogP contribution in [0, 0.1) is 10.1 Å². The van der Waals surface area contributed by atoms with Gasteiger partial charge in [0.2, 0.25) is 0 Å². The van der Waals surface area contributed by atoms with E-state index in [2.05, 4.69) is 0 Å². The van der Waals surface area contributed by atoms with Crippen molar-refractivity contribution >= 4 is 17.3 Å². The van der Waals surface area contributed by atoms with E-state index in [0.717, 1.165) is 5.56 Å². The van der Waals surface area contributed by atoms with E-state index in [9.17, 15) is 10.1 Å². The predicted molar refractivity (Wildman–Crippen MR) is 79.9 cm³/mol. The largest absolute Gasteiger partial charge is 0.327 e. The maximum atomic E-state index is 10.9. The normalized spacial score (nSPS) is 12.1. The van der Waals surface area contributed by atoms with Gasteiger partial charge >= 0.3 is 0 Å². The number of nitrogens with zero attached hydrogens (tertiary/aromatic N) is 1. The molecule has 0 bridgehead atoms. The summed E-state index contributed by atoms with van der Waals surface area (Å²) in [7, 11) is 0. The molecule has 0 saturated heterocycles. The molecule has 104 valence electrons. The van der Waals surface area contributed by atoms with Crippen molar-refractivity contribution in [2.45, 2.75) is 18.9 Å². The molecule has 0 aromatic heterocycles. The highest BCUT2D eigenvalue weighted by atomic mass is 35.5. The first-order valence-corrected chi connectivity index (χ1v) is 6.66. The fraction of sp³-hybridized carbons (Fsp3) is 0.200. The molecular weight excluding hydrogens is 276 g/mol. The Morgan fingerprint density at radius 3 is 2.40 bits per heavy atom. The van der Waals surface area contributed by atoms with Gasteiger partial charge in [-0.2, -0.15) is 0 Å². The van der Waals surface area contributed by atoms with Crippen LogP contribution >= 0.6 is 11.6 Å². The van der Waals surface area contributed by atoms with Crippen LogP contribution < -0.4 is 5.73 Å². The van der Waals surface area contributed by atoms with Crippen LogP contribution in [-0.2, 0) is 12.8 Å². The van der Waals surface area contributed by atoms with Crippen molar-refractivity contribution in [1.29, 1.82) is 0 Å². The first-order chi connectivity index (χ1) is 9.56. The van der Waals surface area contributed by atoms with E-state index in [-0.39, 0.29) is 16.7 Å². The zero-order chi connectivity index (χ0) is 14.5. The van der Waals surface area contributed by atoms with E-state index in [1.807, 2.05) is 24.3 Å². The maximum Gasteiger partial charge on any atom is 0.272 e. The number of rotatable bonds is 5. The van der Waals surface area contributed by atoms with Crippen molar-refractivity contribution in [3.05, 3.63) is 74.8 Å². The number of para-hydroxylation sites is 1. The van der Waals surface area contributed by atoms with Gasteiger partial charge in [0.05, 0.1) is 4.92 Å². The van der Waals surface area contributed by atoms with E-state index >= 15 is 0 Å². The molecule has 2 aromatic rings. The van der Waals surface area contributed by atoms with Crippen LogP contribution in [-0.4, -0.2) is 11.0 Å². The van der Waals surface area contributed by atoms with Gasteiger partial charge in [0.1, 0.15) is 0 Å². The van der Waals surface area contributed by atoms with Crippen molar-refractivity contribution in [1.82, 2.24) is 0 Å². The van der Waals surface area contributed by atoms with Crippen molar-refractivity contribution in [3.8, 4) is 0 Å². The Morgan fingerprint density at radius 1 is 1.10 bits per heavy atom. The van der Waals surface area contributed by atoms with Crippen LogP contribution in [0.15, 0.2) is 48.5 Å². The minimum absolute atomic E-state index is 0.124. The van der Waals surface area contributed by atoms with Crippen molar-refractivity contribution in [2.75, 3.05) is 0 Å². The molecule has 0 saturated carbocycles. The number of hydrogen-bond acceptors (Lipinski definition) is 3. The molecule has 2 N–H and O–H groups in total. The molecule has 0 aliphatic rings. The molecule has 1 atom stereocenters. The highest BCUT2D eigenvalue weighted by Crippen LogP contribution is 2.20. The summed E-state index contributed by atoms with van der Waals surface area (Å²) in [5, 5.41) is 11.6. The second-order valence-corrected chi connectivity index (χ2v) is 5.12. The first kappa shape index (κ1) is 14.5. The third kappa shape index (κ3) is 3.79. The van der Waals surface area contributed by atoms with E-state index < -0.39 is 0 Å². The molecule has 0 aliphatic carbocycles. The Morgan fingerprint density at radius 2 is 1.75 bits per heavy atom. The van der Waals surface area contributed by atoms with E-state index in [1.165, 1.54) is 6.07 Å². The zero-order valence-electron chi connectivity index (χ0n) is 10.8. The first-order valence-electron chi connectivity index (χ1n) is 6.28. The van der Waals surface area contributed by atoms with Crippen molar-refractivity contribution < 1.29 is 4.92 Å². The number of nitro benzene ring substituents is 1. The summed E-state index contributed by atoms with van der Waals surface area (Å²) < 4.78 is 0. The van der Waals surface area contributed by atoms with Gasteiger partial charge in [-0.3, -0.25) is 10.1 Å². The molecule has 0 amide bonds. The van der Waals surface area contributed by atoms with Gasteiger partial charge < -0.3 is 5.73 Å². The van der Waals surface area contributed by atoms with Gasteiger partial charge in [-0.1, -0.05) is 41.9 Å². The lowest BCUT2D eigenvalue weighted by Gasteiger charge is -2.12. The van der Waals surface area contributed by atoms with Crippen molar-refractivity contribution in [2.24, 2.45) is 5.73 Å². The lowest BCUT2D eigenvalue weighted by atomic mass is 9.99. The SMILES string of the molecule is NC(Cc1ccc(Cl)cc1)Cc1ccccc1[N+](=O)[O-]. The molecule has 0 heterocycles. The van der Waals surface area contributed by atoms with Gasteiger partial charge in [0, 0.05) is 22.7 Å². The molecule has 0 radical (unpaired) electrons. The molecule has 0 fully saturated rings. The van der Waals surface area contributed by atoms with Gasteiger partial charge in [0.15, 0.2) is 0 Å². The molecule has 0 spiro atoms. The maximum absolute atomic E-state index is 10.9. The molecule has 5 heteroatoms. The van der Waals surface area contributed by atoms with Crippen LogP contribution in [0.2, 0.25) is 5.02 Å². The molecule has 4 nitrogen and oxygen atoms in total. The third-order valence-electron chi connectivity index (χ3n) is 3.08. The number of hydrogen-bond donors (Lipinski definition) is 1. The average molecular weight is 291 g/mol. The summed E-state index contributed by atoms with van der Waals surface area (Å²) in [5.41, 5.74) is 7.95. The second kappa shape index (κ2) is 6.50. The third-order valence-corrected chi connectivity index (χ3v) is 3.33. The molecule has 0 aliphatic heterocycles. The van der Waals surface area contributed by atoms with Gasteiger partial charge in [-0.25, -0.2) is 0 Å².